The lowest BCUT2D eigenvalue weighted by Gasteiger charge is -2.41. The smallest absolute Gasteiger partial charge is 0.290 e. The van der Waals surface area contributed by atoms with Gasteiger partial charge in [-0.2, -0.15) is 4.31 Å². The Balaban J connectivity index is 0.000000858. The van der Waals surface area contributed by atoms with Crippen LogP contribution in [0.5, 0.6) is 0 Å². The average Bonchev–Trinajstić information content (AvgIpc) is 3.42. The summed E-state index contributed by atoms with van der Waals surface area (Å²) in [5.41, 5.74) is 0.465. The lowest BCUT2D eigenvalue weighted by atomic mass is 9.77. The number of carbonyl (C=O) groups is 1. The van der Waals surface area contributed by atoms with Crippen LogP contribution >= 0.6 is 0 Å². The third-order valence-electron chi connectivity index (χ3n) is 6.71. The monoisotopic (exact) mass is 456 g/mol. The van der Waals surface area contributed by atoms with Crippen LogP contribution in [0, 0.1) is 30.5 Å². The number of rotatable bonds is 6. The number of hydrogen-bond acceptors (Lipinski definition) is 5. The van der Waals surface area contributed by atoms with Gasteiger partial charge in [0.1, 0.15) is 5.82 Å². The van der Waals surface area contributed by atoms with Crippen molar-refractivity contribution >= 4 is 16.5 Å². The van der Waals surface area contributed by atoms with Gasteiger partial charge in [-0.25, -0.2) is 12.8 Å². The Morgan fingerprint density at radius 1 is 1.23 bits per heavy atom. The molecule has 31 heavy (non-hydrogen) atoms. The molecule has 2 aliphatic carbocycles. The van der Waals surface area contributed by atoms with Crippen LogP contribution in [-0.4, -0.2) is 75.1 Å². The van der Waals surface area contributed by atoms with Gasteiger partial charge in [0, 0.05) is 25.7 Å². The molecule has 2 saturated carbocycles. The number of sulfonamides is 1. The van der Waals surface area contributed by atoms with Gasteiger partial charge in [0.2, 0.25) is 10.0 Å². The van der Waals surface area contributed by atoms with Gasteiger partial charge < -0.3 is 14.7 Å². The normalized spacial score (nSPS) is 28.7. The molecule has 3 fully saturated rings. The van der Waals surface area contributed by atoms with Crippen molar-refractivity contribution in [3.05, 3.63) is 29.6 Å². The van der Waals surface area contributed by atoms with Crippen molar-refractivity contribution in [1.82, 2.24) is 9.21 Å². The zero-order valence-electron chi connectivity index (χ0n) is 18.4. The molecule has 0 unspecified atom stereocenters. The fourth-order valence-electron chi connectivity index (χ4n) is 4.85. The molecular weight excluding hydrogens is 423 g/mol. The standard InChI is InChI=1S/C21H31FN2O3S.CH2O2/c1-14-8-18(22)6-7-21(14)28(25,26)24-11-16-9-19(23(2)3)20(10-17(16)12-24)27-13-15-4-5-15;2-1-3/h6-8,15-17,19-20H,4-5,9-13H2,1-3H3;1H,(H,2,3)/t16-,17+,19-,20-;/m1./s1. The number of nitrogens with zero attached hydrogens (tertiary/aromatic N) is 2. The first-order valence-corrected chi connectivity index (χ1v) is 12.2. The van der Waals surface area contributed by atoms with Crippen LogP contribution in [0.25, 0.3) is 0 Å². The molecule has 0 bridgehead atoms. The largest absolute Gasteiger partial charge is 0.483 e. The van der Waals surface area contributed by atoms with Gasteiger partial charge in [-0.3, -0.25) is 4.79 Å². The molecule has 4 atom stereocenters. The predicted molar refractivity (Wildman–Crippen MR) is 115 cm³/mol. The molecule has 1 aliphatic heterocycles. The van der Waals surface area contributed by atoms with E-state index in [4.69, 9.17) is 14.6 Å². The Hall–Kier alpha value is -1.55. The first kappa shape index (κ1) is 24.1. The minimum absolute atomic E-state index is 0.173. The van der Waals surface area contributed by atoms with E-state index >= 15 is 0 Å². The van der Waals surface area contributed by atoms with Gasteiger partial charge in [0.15, 0.2) is 0 Å². The molecule has 0 amide bonds. The van der Waals surface area contributed by atoms with E-state index in [1.54, 1.807) is 11.2 Å². The maximum Gasteiger partial charge on any atom is 0.290 e. The van der Waals surface area contributed by atoms with Crippen molar-refractivity contribution in [2.75, 3.05) is 33.8 Å². The van der Waals surface area contributed by atoms with E-state index in [0.29, 0.717) is 36.5 Å². The highest BCUT2D eigenvalue weighted by molar-refractivity contribution is 7.89. The van der Waals surface area contributed by atoms with Gasteiger partial charge in [-0.15, -0.1) is 0 Å². The molecule has 1 saturated heterocycles. The zero-order valence-corrected chi connectivity index (χ0v) is 19.2. The second kappa shape index (κ2) is 9.94. The number of ether oxygens (including phenoxy) is 1. The minimum atomic E-state index is -3.60. The van der Waals surface area contributed by atoms with Gasteiger partial charge in [-0.05, 0) is 88.2 Å². The summed E-state index contributed by atoms with van der Waals surface area (Å²) in [4.78, 5) is 10.8. The highest BCUT2D eigenvalue weighted by Crippen LogP contribution is 2.41. The summed E-state index contributed by atoms with van der Waals surface area (Å²) < 4.78 is 47.7. The molecule has 174 valence electrons. The average molecular weight is 457 g/mol. The Bertz CT molecular complexity index is 875. The van der Waals surface area contributed by atoms with Crippen molar-refractivity contribution in [3.8, 4) is 0 Å². The van der Waals surface area contributed by atoms with Crippen LogP contribution in [0.1, 0.15) is 31.2 Å². The lowest BCUT2D eigenvalue weighted by Crippen LogP contribution is -2.48. The van der Waals surface area contributed by atoms with E-state index < -0.39 is 15.8 Å². The van der Waals surface area contributed by atoms with E-state index in [0.717, 1.165) is 25.4 Å². The fourth-order valence-corrected chi connectivity index (χ4v) is 6.61. The van der Waals surface area contributed by atoms with E-state index in [1.807, 2.05) is 0 Å². The van der Waals surface area contributed by atoms with Gasteiger partial charge in [0.05, 0.1) is 11.0 Å². The van der Waals surface area contributed by atoms with Gasteiger partial charge in [-0.1, -0.05) is 0 Å². The molecule has 4 rings (SSSR count). The number of carboxylic acid groups (broad SMARTS) is 1. The molecule has 1 aromatic rings. The summed E-state index contributed by atoms with van der Waals surface area (Å²) in [5.74, 6) is 0.998. The molecule has 0 radical (unpaired) electrons. The SMILES string of the molecule is Cc1cc(F)ccc1S(=O)(=O)N1C[C@H]2C[C@@H](N(C)C)[C@H](OCC3CC3)C[C@H]2C1.O=CO. The summed E-state index contributed by atoms with van der Waals surface area (Å²) in [5, 5.41) is 6.89. The fraction of sp³-hybridized carbons (Fsp3) is 0.682. The number of halogens is 1. The second-order valence-corrected chi connectivity index (χ2v) is 11.1. The topological polar surface area (TPSA) is 87.2 Å². The Kier molecular flexibility index (Phi) is 7.72. The van der Waals surface area contributed by atoms with E-state index in [1.165, 1.54) is 31.0 Å². The summed E-state index contributed by atoms with van der Waals surface area (Å²) in [7, 11) is 0.571. The van der Waals surface area contributed by atoms with Crippen molar-refractivity contribution in [2.24, 2.45) is 17.8 Å². The first-order chi connectivity index (χ1) is 14.7. The zero-order chi connectivity index (χ0) is 22.8. The number of aryl methyl sites for hydroxylation is 1. The Labute approximate surface area is 184 Å². The third-order valence-corrected chi connectivity index (χ3v) is 8.70. The molecular formula is C22H33FN2O5S. The van der Waals surface area contributed by atoms with Gasteiger partial charge in [0.25, 0.3) is 6.47 Å². The van der Waals surface area contributed by atoms with E-state index in [9.17, 15) is 12.8 Å². The summed E-state index contributed by atoms with van der Waals surface area (Å²) in [6, 6.07) is 4.24. The van der Waals surface area contributed by atoms with Crippen molar-refractivity contribution in [2.45, 2.75) is 49.6 Å². The van der Waals surface area contributed by atoms with Crippen LogP contribution in [0.3, 0.4) is 0 Å². The number of benzene rings is 1. The number of fused-ring (bicyclic) bond motifs is 1. The van der Waals surface area contributed by atoms with Gasteiger partial charge >= 0.3 is 0 Å². The quantitative estimate of drug-likeness (QED) is 0.662. The maximum atomic E-state index is 13.4. The summed E-state index contributed by atoms with van der Waals surface area (Å²) in [6.07, 6.45) is 4.59. The number of hydrogen-bond donors (Lipinski definition) is 1. The second-order valence-electron chi connectivity index (χ2n) is 9.17. The highest BCUT2D eigenvalue weighted by atomic mass is 32.2. The number of likely N-dealkylation sites (N-methyl/N-ethyl adjacent to an activating group) is 1. The minimum Gasteiger partial charge on any atom is -0.483 e. The van der Waals surface area contributed by atoms with E-state index in [-0.39, 0.29) is 17.5 Å². The van der Waals surface area contributed by atoms with Crippen LogP contribution < -0.4 is 0 Å². The van der Waals surface area contributed by atoms with Crippen LogP contribution in [0.2, 0.25) is 0 Å². The molecule has 0 spiro atoms. The third kappa shape index (κ3) is 5.63. The summed E-state index contributed by atoms with van der Waals surface area (Å²) in [6.45, 7) is 3.32. The maximum absolute atomic E-state index is 13.4. The Morgan fingerprint density at radius 3 is 2.39 bits per heavy atom. The van der Waals surface area contributed by atoms with Crippen molar-refractivity contribution < 1.29 is 27.4 Å². The molecule has 3 aliphatic rings. The van der Waals surface area contributed by atoms with E-state index in [2.05, 4.69) is 19.0 Å². The van der Waals surface area contributed by atoms with Crippen LogP contribution in [0.4, 0.5) is 4.39 Å². The van der Waals surface area contributed by atoms with Crippen LogP contribution in [0.15, 0.2) is 23.1 Å². The molecule has 1 heterocycles. The Morgan fingerprint density at radius 2 is 1.84 bits per heavy atom. The molecule has 7 nitrogen and oxygen atoms in total. The molecule has 1 N–H and O–H groups in total. The predicted octanol–water partition coefficient (Wildman–Crippen LogP) is 2.59. The first-order valence-electron chi connectivity index (χ1n) is 10.8. The van der Waals surface area contributed by atoms with Crippen LogP contribution in [-0.2, 0) is 19.6 Å². The van der Waals surface area contributed by atoms with Crippen molar-refractivity contribution in [3.63, 3.8) is 0 Å². The molecule has 1 aromatic carbocycles. The molecule has 9 heteroatoms. The highest BCUT2D eigenvalue weighted by Gasteiger charge is 2.46. The van der Waals surface area contributed by atoms with Crippen molar-refractivity contribution in [1.29, 1.82) is 0 Å². The summed E-state index contributed by atoms with van der Waals surface area (Å²) >= 11 is 0. The molecule has 0 aromatic heterocycles. The lowest BCUT2D eigenvalue weighted by molar-refractivity contribution is -0.122.